The summed E-state index contributed by atoms with van der Waals surface area (Å²) in [4.78, 5) is 0. The van der Waals surface area contributed by atoms with Crippen LogP contribution < -0.4 is 0 Å². The number of ether oxygens (including phenoxy) is 2. The molecule has 108 valence electrons. The van der Waals surface area contributed by atoms with Crippen LogP contribution in [0.15, 0.2) is 0 Å². The summed E-state index contributed by atoms with van der Waals surface area (Å²) in [7, 11) is 0. The van der Waals surface area contributed by atoms with Crippen LogP contribution in [0.1, 0.15) is 59.8 Å². The van der Waals surface area contributed by atoms with Gasteiger partial charge in [-0.25, -0.2) is 0 Å². The molecule has 3 heteroatoms. The minimum Gasteiger partial charge on any atom is -0.368 e. The summed E-state index contributed by atoms with van der Waals surface area (Å²) >= 11 is 0. The first-order chi connectivity index (χ1) is 8.79. The normalized spacial score (nSPS) is 67.1. The molecule has 3 nitrogen and oxygen atoms in total. The van der Waals surface area contributed by atoms with Gasteiger partial charge in [-0.05, 0) is 39.0 Å². The molecule has 4 rings (SSSR count). The van der Waals surface area contributed by atoms with Crippen LogP contribution in [0.25, 0.3) is 0 Å². The summed E-state index contributed by atoms with van der Waals surface area (Å²) in [5, 5.41) is 10.2. The van der Waals surface area contributed by atoms with Crippen molar-refractivity contribution in [1.82, 2.24) is 0 Å². The molecule has 7 atom stereocenters. The molecule has 19 heavy (non-hydrogen) atoms. The molecule has 1 N–H and O–H groups in total. The molecule has 0 aromatic carbocycles. The zero-order valence-electron chi connectivity index (χ0n) is 12.5. The number of rotatable bonds is 0. The fourth-order valence-corrected chi connectivity index (χ4v) is 5.73. The van der Waals surface area contributed by atoms with Crippen LogP contribution in [0, 0.1) is 16.7 Å². The quantitative estimate of drug-likeness (QED) is 0.686. The molecular formula is C16H26O3. The highest BCUT2D eigenvalue weighted by Gasteiger charge is 2.84. The molecule has 0 amide bonds. The Kier molecular flexibility index (Phi) is 2.13. The van der Waals surface area contributed by atoms with Crippen molar-refractivity contribution in [2.75, 3.05) is 0 Å². The Hall–Kier alpha value is -0.120. The van der Waals surface area contributed by atoms with Crippen molar-refractivity contribution in [2.24, 2.45) is 16.7 Å². The van der Waals surface area contributed by atoms with Crippen LogP contribution in [0.2, 0.25) is 0 Å². The summed E-state index contributed by atoms with van der Waals surface area (Å²) < 4.78 is 12.5. The first-order valence-corrected chi connectivity index (χ1v) is 7.83. The second-order valence-electron chi connectivity index (χ2n) is 8.18. The van der Waals surface area contributed by atoms with E-state index in [9.17, 15) is 5.11 Å². The van der Waals surface area contributed by atoms with Crippen LogP contribution in [-0.4, -0.2) is 28.7 Å². The van der Waals surface area contributed by atoms with E-state index in [4.69, 9.17) is 9.47 Å². The van der Waals surface area contributed by atoms with Crippen molar-refractivity contribution < 1.29 is 14.6 Å². The number of epoxide rings is 1. The lowest BCUT2D eigenvalue weighted by Gasteiger charge is -2.53. The molecule has 4 aliphatic rings. The molecule has 2 heterocycles. The van der Waals surface area contributed by atoms with Crippen molar-refractivity contribution in [3.8, 4) is 0 Å². The summed E-state index contributed by atoms with van der Waals surface area (Å²) in [6.07, 6.45) is 5.43. The first-order valence-electron chi connectivity index (χ1n) is 7.83. The van der Waals surface area contributed by atoms with Crippen molar-refractivity contribution in [1.29, 1.82) is 0 Å². The molecule has 4 fully saturated rings. The molecule has 0 aromatic heterocycles. The van der Waals surface area contributed by atoms with Gasteiger partial charge in [-0.15, -0.1) is 0 Å². The maximum Gasteiger partial charge on any atom is 0.158 e. The van der Waals surface area contributed by atoms with E-state index in [1.165, 1.54) is 19.3 Å². The van der Waals surface area contributed by atoms with Gasteiger partial charge in [0, 0.05) is 16.7 Å². The van der Waals surface area contributed by atoms with E-state index in [-0.39, 0.29) is 34.1 Å². The number of fused-ring (bicyclic) bond motifs is 1. The smallest absolute Gasteiger partial charge is 0.158 e. The Morgan fingerprint density at radius 3 is 2.53 bits per heavy atom. The van der Waals surface area contributed by atoms with Gasteiger partial charge in [-0.2, -0.15) is 0 Å². The number of hydrogen-bond acceptors (Lipinski definition) is 3. The Morgan fingerprint density at radius 1 is 1.05 bits per heavy atom. The van der Waals surface area contributed by atoms with Crippen molar-refractivity contribution in [3.05, 3.63) is 0 Å². The van der Waals surface area contributed by atoms with Crippen LogP contribution in [0.5, 0.6) is 0 Å². The summed E-state index contributed by atoms with van der Waals surface area (Å²) in [5.41, 5.74) is 0.134. The van der Waals surface area contributed by atoms with Gasteiger partial charge in [0.1, 0.15) is 5.60 Å². The van der Waals surface area contributed by atoms with Crippen LogP contribution in [0.3, 0.4) is 0 Å². The highest BCUT2D eigenvalue weighted by Crippen LogP contribution is 2.75. The van der Waals surface area contributed by atoms with E-state index < -0.39 is 6.29 Å². The average molecular weight is 266 g/mol. The number of hydrogen-bond donors (Lipinski definition) is 1. The predicted molar refractivity (Wildman–Crippen MR) is 71.6 cm³/mol. The van der Waals surface area contributed by atoms with Gasteiger partial charge < -0.3 is 14.6 Å². The zero-order chi connectivity index (χ0) is 13.7. The van der Waals surface area contributed by atoms with E-state index >= 15 is 0 Å². The second kappa shape index (κ2) is 3.20. The van der Waals surface area contributed by atoms with Crippen molar-refractivity contribution in [3.63, 3.8) is 0 Å². The minimum atomic E-state index is -0.623. The number of aliphatic hydroxyl groups excluding tert-OH is 1. The van der Waals surface area contributed by atoms with Gasteiger partial charge in [-0.3, -0.25) is 0 Å². The molecule has 2 saturated carbocycles. The van der Waals surface area contributed by atoms with Gasteiger partial charge in [0.15, 0.2) is 6.29 Å². The first kappa shape index (κ1) is 12.6. The van der Waals surface area contributed by atoms with E-state index in [0.29, 0.717) is 0 Å². The average Bonchev–Trinajstić information content (AvgIpc) is 2.92. The van der Waals surface area contributed by atoms with Crippen molar-refractivity contribution in [2.45, 2.75) is 83.4 Å². The lowest BCUT2D eigenvalue weighted by Crippen LogP contribution is -2.60. The maximum atomic E-state index is 10.2. The molecule has 0 radical (unpaired) electrons. The van der Waals surface area contributed by atoms with E-state index in [1.807, 2.05) is 0 Å². The van der Waals surface area contributed by atoms with E-state index in [0.717, 1.165) is 12.8 Å². The topological polar surface area (TPSA) is 42.0 Å². The fraction of sp³-hybridized carbons (Fsp3) is 1.00. The Morgan fingerprint density at radius 2 is 1.79 bits per heavy atom. The lowest BCUT2D eigenvalue weighted by molar-refractivity contribution is -0.159. The molecule has 2 aliphatic carbocycles. The largest absolute Gasteiger partial charge is 0.368 e. The van der Waals surface area contributed by atoms with Gasteiger partial charge in [0.25, 0.3) is 0 Å². The Labute approximate surface area is 115 Å². The van der Waals surface area contributed by atoms with Crippen molar-refractivity contribution >= 4 is 0 Å². The molecule has 0 bridgehead atoms. The lowest BCUT2D eigenvalue weighted by atomic mass is 9.49. The summed E-state index contributed by atoms with van der Waals surface area (Å²) in [6.45, 7) is 9.07. The minimum absolute atomic E-state index is 0.0177. The predicted octanol–water partition coefficient (Wildman–Crippen LogP) is 2.86. The standard InChI is InChI=1S/C16H26O3/c1-10-11(17)18-12-14(10,3)9-8-13(2)6-5-7-15(4)16(12,13)19-15/h10-12,17H,5-9H2,1-4H3/t10-,11?,12+,13+,14-,15?,16?/m0/s1. The maximum absolute atomic E-state index is 10.2. The van der Waals surface area contributed by atoms with Gasteiger partial charge in [-0.1, -0.05) is 20.8 Å². The Balaban J connectivity index is 1.82. The van der Waals surface area contributed by atoms with Gasteiger partial charge in [0.2, 0.25) is 0 Å². The van der Waals surface area contributed by atoms with Gasteiger partial charge in [0.05, 0.1) is 11.7 Å². The molecule has 2 saturated heterocycles. The molecule has 2 aliphatic heterocycles. The molecular weight excluding hydrogens is 240 g/mol. The summed E-state index contributed by atoms with van der Waals surface area (Å²) in [5.74, 6) is 0.201. The van der Waals surface area contributed by atoms with Crippen LogP contribution in [-0.2, 0) is 9.47 Å². The monoisotopic (exact) mass is 266 g/mol. The molecule has 3 unspecified atom stereocenters. The summed E-state index contributed by atoms with van der Waals surface area (Å²) in [6, 6.07) is 0. The SMILES string of the molecule is C[C@H]1C(O)O[C@H]2C34OC3(C)CCC[C@]4(C)CC[C@@]12C. The fourth-order valence-electron chi connectivity index (χ4n) is 5.73. The highest BCUT2D eigenvalue weighted by molar-refractivity contribution is 5.31. The third-order valence-electron chi connectivity index (χ3n) is 7.34. The van der Waals surface area contributed by atoms with E-state index in [1.54, 1.807) is 0 Å². The van der Waals surface area contributed by atoms with Crippen LogP contribution in [0.4, 0.5) is 0 Å². The zero-order valence-corrected chi connectivity index (χ0v) is 12.5. The molecule has 0 aromatic rings. The Bertz CT molecular complexity index is 438. The second-order valence-corrected chi connectivity index (χ2v) is 8.18. The third kappa shape index (κ3) is 1.14. The highest BCUT2D eigenvalue weighted by atomic mass is 16.7. The van der Waals surface area contributed by atoms with Gasteiger partial charge >= 0.3 is 0 Å². The number of aliphatic hydroxyl groups is 1. The van der Waals surface area contributed by atoms with Crippen LogP contribution >= 0.6 is 0 Å². The van der Waals surface area contributed by atoms with E-state index in [2.05, 4.69) is 27.7 Å². The molecule has 1 spiro atoms. The third-order valence-corrected chi connectivity index (χ3v) is 7.34.